The lowest BCUT2D eigenvalue weighted by atomic mass is 9.83. The number of ether oxygens (including phenoxy) is 1. The van der Waals surface area contributed by atoms with Crippen LogP contribution in [0.3, 0.4) is 0 Å². The summed E-state index contributed by atoms with van der Waals surface area (Å²) in [6, 6.07) is 16.8. The summed E-state index contributed by atoms with van der Waals surface area (Å²) in [4.78, 5) is 0. The number of benzene rings is 2. The largest absolute Gasteiger partial charge is 0.493 e. The average Bonchev–Trinajstić information content (AvgIpc) is 2.53. The van der Waals surface area contributed by atoms with Crippen molar-refractivity contribution in [2.45, 2.75) is 31.1 Å². The lowest BCUT2D eigenvalue weighted by Crippen LogP contribution is -2.16. The van der Waals surface area contributed by atoms with E-state index < -0.39 is 0 Å². The Morgan fingerprint density at radius 3 is 2.75 bits per heavy atom. The highest BCUT2D eigenvalue weighted by atomic mass is 35.5. The molecule has 1 unspecified atom stereocenters. The molecule has 20 heavy (non-hydrogen) atoms. The predicted octanol–water partition coefficient (Wildman–Crippen LogP) is 4.92. The van der Waals surface area contributed by atoms with Crippen LogP contribution in [0.2, 0.25) is 0 Å². The first-order chi connectivity index (χ1) is 9.88. The van der Waals surface area contributed by atoms with Crippen LogP contribution in [0.4, 0.5) is 0 Å². The van der Waals surface area contributed by atoms with Crippen LogP contribution in [0.15, 0.2) is 48.5 Å². The van der Waals surface area contributed by atoms with E-state index >= 15 is 0 Å². The number of aryl methyl sites for hydroxylation is 1. The van der Waals surface area contributed by atoms with E-state index in [2.05, 4.69) is 24.3 Å². The van der Waals surface area contributed by atoms with Crippen LogP contribution in [0, 0.1) is 0 Å². The molecule has 0 saturated carbocycles. The van der Waals surface area contributed by atoms with Crippen molar-refractivity contribution in [2.24, 2.45) is 0 Å². The zero-order valence-electron chi connectivity index (χ0n) is 11.5. The van der Waals surface area contributed by atoms with Gasteiger partial charge in [-0.25, -0.2) is 0 Å². The molecule has 1 atom stereocenters. The summed E-state index contributed by atoms with van der Waals surface area (Å²) in [5.41, 5.74) is 4.01. The monoisotopic (exact) mass is 286 g/mol. The van der Waals surface area contributed by atoms with Crippen molar-refractivity contribution in [1.82, 2.24) is 0 Å². The molecular formula is C18H19ClO. The third-order valence-electron chi connectivity index (χ3n) is 4.05. The molecule has 0 radical (unpaired) electrons. The molecule has 2 aromatic carbocycles. The molecule has 0 amide bonds. The fourth-order valence-corrected chi connectivity index (χ4v) is 3.19. The maximum Gasteiger partial charge on any atom is 0.123 e. The number of rotatable bonds is 4. The van der Waals surface area contributed by atoms with Crippen molar-refractivity contribution in [1.29, 1.82) is 0 Å². The maximum atomic E-state index is 6.04. The highest BCUT2D eigenvalue weighted by molar-refractivity contribution is 6.17. The second-order valence-electron chi connectivity index (χ2n) is 5.34. The molecule has 1 nitrogen and oxygen atoms in total. The van der Waals surface area contributed by atoms with Gasteiger partial charge in [0.2, 0.25) is 0 Å². The van der Waals surface area contributed by atoms with Gasteiger partial charge >= 0.3 is 0 Å². The Bertz CT molecular complexity index is 579. The smallest absolute Gasteiger partial charge is 0.123 e. The van der Waals surface area contributed by atoms with E-state index in [1.54, 1.807) is 0 Å². The van der Waals surface area contributed by atoms with Gasteiger partial charge in [0, 0.05) is 11.5 Å². The third-order valence-corrected chi connectivity index (χ3v) is 4.34. The van der Waals surface area contributed by atoms with E-state index in [9.17, 15) is 0 Å². The number of halogens is 1. The molecule has 0 aromatic heterocycles. The van der Waals surface area contributed by atoms with Gasteiger partial charge in [0.15, 0.2) is 0 Å². The van der Waals surface area contributed by atoms with E-state index in [4.69, 9.17) is 16.3 Å². The van der Waals surface area contributed by atoms with Gasteiger partial charge in [-0.15, -0.1) is 11.6 Å². The quantitative estimate of drug-likeness (QED) is 0.725. The van der Waals surface area contributed by atoms with E-state index in [-0.39, 0.29) is 0 Å². The van der Waals surface area contributed by atoms with Crippen molar-refractivity contribution < 1.29 is 4.74 Å². The zero-order valence-corrected chi connectivity index (χ0v) is 12.3. The van der Waals surface area contributed by atoms with Gasteiger partial charge in [0.25, 0.3) is 0 Å². The van der Waals surface area contributed by atoms with Crippen LogP contribution in [0.25, 0.3) is 0 Å². The molecule has 0 saturated heterocycles. The van der Waals surface area contributed by atoms with Gasteiger partial charge in [-0.3, -0.25) is 0 Å². The summed E-state index contributed by atoms with van der Waals surface area (Å²) in [6.07, 6.45) is 3.66. The zero-order chi connectivity index (χ0) is 13.8. The fraction of sp³-hybridized carbons (Fsp3) is 0.333. The van der Waals surface area contributed by atoms with Crippen LogP contribution in [-0.4, -0.2) is 6.61 Å². The topological polar surface area (TPSA) is 9.23 Å². The molecule has 0 spiro atoms. The summed E-state index contributed by atoms with van der Waals surface area (Å²) < 4.78 is 6.04. The van der Waals surface area contributed by atoms with Gasteiger partial charge in [-0.2, -0.15) is 0 Å². The number of alkyl halides is 1. The van der Waals surface area contributed by atoms with E-state index in [1.165, 1.54) is 30.4 Å². The van der Waals surface area contributed by atoms with Crippen LogP contribution in [0.5, 0.6) is 5.75 Å². The molecule has 0 heterocycles. The molecule has 2 heteroatoms. The van der Waals surface area contributed by atoms with E-state index in [1.807, 2.05) is 24.3 Å². The minimum absolute atomic E-state index is 0.497. The molecule has 0 fully saturated rings. The van der Waals surface area contributed by atoms with Crippen molar-refractivity contribution >= 4 is 11.6 Å². The SMILES string of the molecule is ClCc1ccccc1OCC1CCCc2ccccc21. The summed E-state index contributed by atoms with van der Waals surface area (Å²) in [5, 5.41) is 0. The second-order valence-corrected chi connectivity index (χ2v) is 5.61. The Morgan fingerprint density at radius 2 is 1.85 bits per heavy atom. The molecule has 1 aliphatic rings. The molecule has 1 aliphatic carbocycles. The van der Waals surface area contributed by atoms with Crippen LogP contribution in [0.1, 0.15) is 35.4 Å². The maximum absolute atomic E-state index is 6.04. The lowest BCUT2D eigenvalue weighted by Gasteiger charge is -2.25. The highest BCUT2D eigenvalue weighted by Gasteiger charge is 2.20. The molecule has 3 rings (SSSR count). The highest BCUT2D eigenvalue weighted by Crippen LogP contribution is 2.32. The average molecular weight is 287 g/mol. The molecule has 104 valence electrons. The fourth-order valence-electron chi connectivity index (χ4n) is 2.97. The molecular weight excluding hydrogens is 268 g/mol. The first-order valence-corrected chi connectivity index (χ1v) is 7.76. The Balaban J connectivity index is 1.73. The lowest BCUT2D eigenvalue weighted by molar-refractivity contribution is 0.273. The number of hydrogen-bond acceptors (Lipinski definition) is 1. The van der Waals surface area contributed by atoms with Gasteiger partial charge in [0.05, 0.1) is 12.5 Å². The van der Waals surface area contributed by atoms with Crippen molar-refractivity contribution in [3.05, 3.63) is 65.2 Å². The Kier molecular flexibility index (Phi) is 4.27. The van der Waals surface area contributed by atoms with Gasteiger partial charge < -0.3 is 4.74 Å². The van der Waals surface area contributed by atoms with Crippen molar-refractivity contribution in [2.75, 3.05) is 6.61 Å². The minimum atomic E-state index is 0.497. The first kappa shape index (κ1) is 13.5. The molecule has 2 aromatic rings. The third kappa shape index (κ3) is 2.83. The Morgan fingerprint density at radius 1 is 1.05 bits per heavy atom. The van der Waals surface area contributed by atoms with Crippen molar-refractivity contribution in [3.8, 4) is 5.75 Å². The van der Waals surface area contributed by atoms with Crippen LogP contribution < -0.4 is 4.74 Å². The number of hydrogen-bond donors (Lipinski definition) is 0. The summed E-state index contributed by atoms with van der Waals surface area (Å²) in [6.45, 7) is 0.741. The van der Waals surface area contributed by atoms with E-state index in [0.29, 0.717) is 11.8 Å². The number of fused-ring (bicyclic) bond motifs is 1. The van der Waals surface area contributed by atoms with Gasteiger partial charge in [-0.05, 0) is 36.5 Å². The molecule has 0 bridgehead atoms. The summed E-state index contributed by atoms with van der Waals surface area (Å²) in [7, 11) is 0. The Labute approximate surface area is 125 Å². The first-order valence-electron chi connectivity index (χ1n) is 7.23. The van der Waals surface area contributed by atoms with Crippen molar-refractivity contribution in [3.63, 3.8) is 0 Å². The number of para-hydroxylation sites is 1. The van der Waals surface area contributed by atoms with Gasteiger partial charge in [-0.1, -0.05) is 42.5 Å². The molecule has 0 aliphatic heterocycles. The predicted molar refractivity (Wildman–Crippen MR) is 83.6 cm³/mol. The summed E-state index contributed by atoms with van der Waals surface area (Å²) in [5.74, 6) is 1.92. The standard InChI is InChI=1S/C18H19ClO/c19-12-15-7-2-4-11-18(15)20-13-16-9-5-8-14-6-1-3-10-17(14)16/h1-4,6-7,10-11,16H,5,8-9,12-13H2. The molecule has 0 N–H and O–H groups in total. The normalized spacial score (nSPS) is 17.6. The van der Waals surface area contributed by atoms with Crippen LogP contribution in [-0.2, 0) is 12.3 Å². The summed E-state index contributed by atoms with van der Waals surface area (Å²) >= 11 is 5.95. The van der Waals surface area contributed by atoms with Gasteiger partial charge in [0.1, 0.15) is 5.75 Å². The second kappa shape index (κ2) is 6.32. The minimum Gasteiger partial charge on any atom is -0.493 e. The van der Waals surface area contributed by atoms with E-state index in [0.717, 1.165) is 17.9 Å². The Hall–Kier alpha value is -1.47. The van der Waals surface area contributed by atoms with Crippen LogP contribution >= 0.6 is 11.6 Å².